The summed E-state index contributed by atoms with van der Waals surface area (Å²) in [6.07, 6.45) is 2.00. The van der Waals surface area contributed by atoms with E-state index in [2.05, 4.69) is 10.2 Å². The second-order valence-corrected chi connectivity index (χ2v) is 5.59. The van der Waals surface area contributed by atoms with Crippen molar-refractivity contribution in [1.82, 2.24) is 10.2 Å². The average Bonchev–Trinajstić information content (AvgIpc) is 2.41. The largest absolute Gasteiger partial charge is 0.506 e. The highest BCUT2D eigenvalue weighted by Crippen LogP contribution is 2.23. The summed E-state index contributed by atoms with van der Waals surface area (Å²) in [5.74, 6) is -0.162. The predicted molar refractivity (Wildman–Crippen MR) is 78.6 cm³/mol. The number of carbonyl (C=O) groups excluding carboxylic acids is 1. The minimum absolute atomic E-state index is 0.107. The summed E-state index contributed by atoms with van der Waals surface area (Å²) in [5, 5.41) is 13.2. The van der Waals surface area contributed by atoms with E-state index >= 15 is 0 Å². The molecule has 0 bridgehead atoms. The number of hydrogen-bond donors (Lipinski definition) is 3. The molecule has 4 N–H and O–H groups in total. The third kappa shape index (κ3) is 4.37. The summed E-state index contributed by atoms with van der Waals surface area (Å²) in [4.78, 5) is 12.9. The molecule has 1 aromatic carbocycles. The molecule has 1 saturated heterocycles. The summed E-state index contributed by atoms with van der Waals surface area (Å²) < 4.78 is 0. The van der Waals surface area contributed by atoms with Gasteiger partial charge in [-0.15, -0.1) is 0 Å². The minimum atomic E-state index is -0.268. The molecule has 0 unspecified atom stereocenters. The Labute approximate surface area is 123 Å². The molecule has 1 heterocycles. The van der Waals surface area contributed by atoms with Gasteiger partial charge in [-0.05, 0) is 30.5 Å². The van der Waals surface area contributed by atoms with Crippen LogP contribution in [-0.4, -0.2) is 41.6 Å². The highest BCUT2D eigenvalue weighted by Gasteiger charge is 2.19. The number of benzene rings is 1. The van der Waals surface area contributed by atoms with E-state index in [9.17, 15) is 9.90 Å². The number of primary amides is 1. The molecular weight excluding hydrogens is 278 g/mol. The number of halogens is 1. The molecule has 6 heteroatoms. The van der Waals surface area contributed by atoms with Crippen LogP contribution in [0.25, 0.3) is 0 Å². The minimum Gasteiger partial charge on any atom is -0.506 e. The lowest BCUT2D eigenvalue weighted by Crippen LogP contribution is -2.45. The van der Waals surface area contributed by atoms with Crippen molar-refractivity contribution >= 4 is 17.5 Å². The maximum Gasteiger partial charge on any atom is 0.231 e. The molecule has 1 amide bonds. The van der Waals surface area contributed by atoms with E-state index in [1.54, 1.807) is 12.1 Å². The van der Waals surface area contributed by atoms with E-state index in [0.717, 1.165) is 38.0 Å². The lowest BCUT2D eigenvalue weighted by Gasteiger charge is -2.31. The lowest BCUT2D eigenvalue weighted by atomic mass is 10.0. The number of hydrogen-bond acceptors (Lipinski definition) is 4. The fourth-order valence-electron chi connectivity index (χ4n) is 2.44. The molecule has 0 atom stereocenters. The molecule has 2 rings (SSSR count). The number of phenolic OH excluding ortho intramolecular Hbond substituents is 1. The summed E-state index contributed by atoms with van der Waals surface area (Å²) in [6, 6.07) is 5.67. The van der Waals surface area contributed by atoms with Crippen molar-refractivity contribution < 1.29 is 9.90 Å². The van der Waals surface area contributed by atoms with Crippen LogP contribution in [0.3, 0.4) is 0 Å². The first kappa shape index (κ1) is 15.1. The van der Waals surface area contributed by atoms with E-state index in [1.807, 2.05) is 6.07 Å². The van der Waals surface area contributed by atoms with E-state index in [-0.39, 0.29) is 11.7 Å². The zero-order valence-corrected chi connectivity index (χ0v) is 12.1. The van der Waals surface area contributed by atoms with Crippen LogP contribution >= 0.6 is 11.6 Å². The van der Waals surface area contributed by atoms with Gasteiger partial charge in [-0.1, -0.05) is 17.7 Å². The molecule has 0 spiro atoms. The molecule has 0 saturated carbocycles. The van der Waals surface area contributed by atoms with E-state index in [0.29, 0.717) is 17.6 Å². The van der Waals surface area contributed by atoms with Gasteiger partial charge in [0.2, 0.25) is 5.91 Å². The fraction of sp³-hybridized carbons (Fsp3) is 0.500. The third-order valence-corrected chi connectivity index (χ3v) is 3.88. The van der Waals surface area contributed by atoms with Gasteiger partial charge in [0, 0.05) is 25.7 Å². The molecule has 1 aromatic rings. The quantitative estimate of drug-likeness (QED) is 0.760. The summed E-state index contributed by atoms with van der Waals surface area (Å²) >= 11 is 5.87. The van der Waals surface area contributed by atoms with Crippen LogP contribution in [0.2, 0.25) is 5.02 Å². The molecular formula is C14H20ClN3O2. The number of amides is 1. The zero-order chi connectivity index (χ0) is 14.5. The molecule has 110 valence electrons. The number of nitrogens with one attached hydrogen (secondary N) is 1. The number of nitrogens with two attached hydrogens (primary N) is 1. The summed E-state index contributed by atoms with van der Waals surface area (Å²) in [5.41, 5.74) is 6.24. The standard InChI is InChI=1S/C14H20ClN3O2/c15-12-7-10(1-2-13(12)19)8-17-11-3-5-18(6-4-11)9-14(16)20/h1-2,7,11,17,19H,3-6,8-9H2,(H2,16,20). The van der Waals surface area contributed by atoms with E-state index < -0.39 is 0 Å². The van der Waals surface area contributed by atoms with Gasteiger partial charge >= 0.3 is 0 Å². The Morgan fingerprint density at radius 3 is 2.75 bits per heavy atom. The number of piperidine rings is 1. The first-order chi connectivity index (χ1) is 9.54. The van der Waals surface area contributed by atoms with E-state index in [1.165, 1.54) is 0 Å². The normalized spacial score (nSPS) is 17.2. The first-order valence-electron chi connectivity index (χ1n) is 6.76. The van der Waals surface area contributed by atoms with Crippen LogP contribution in [0, 0.1) is 0 Å². The van der Waals surface area contributed by atoms with Crippen LogP contribution < -0.4 is 11.1 Å². The SMILES string of the molecule is NC(=O)CN1CCC(NCc2ccc(O)c(Cl)c2)CC1. The molecule has 20 heavy (non-hydrogen) atoms. The van der Waals surface area contributed by atoms with Crippen molar-refractivity contribution in [1.29, 1.82) is 0 Å². The second-order valence-electron chi connectivity index (χ2n) is 5.18. The predicted octanol–water partition coefficient (Wildman–Crippen LogP) is 1.08. The van der Waals surface area contributed by atoms with Crippen molar-refractivity contribution in [3.05, 3.63) is 28.8 Å². The molecule has 0 aromatic heterocycles. The summed E-state index contributed by atoms with van der Waals surface area (Å²) in [6.45, 7) is 2.84. The van der Waals surface area contributed by atoms with Gasteiger partial charge < -0.3 is 16.2 Å². The number of nitrogens with zero attached hydrogens (tertiary/aromatic N) is 1. The smallest absolute Gasteiger partial charge is 0.231 e. The van der Waals surface area contributed by atoms with Gasteiger partial charge in [-0.3, -0.25) is 9.69 Å². The van der Waals surface area contributed by atoms with Gasteiger partial charge in [0.25, 0.3) is 0 Å². The van der Waals surface area contributed by atoms with Gasteiger partial charge in [-0.2, -0.15) is 0 Å². The fourth-order valence-corrected chi connectivity index (χ4v) is 2.64. The van der Waals surface area contributed by atoms with Gasteiger partial charge in [-0.25, -0.2) is 0 Å². The van der Waals surface area contributed by atoms with Crippen molar-refractivity contribution in [2.75, 3.05) is 19.6 Å². The Bertz CT molecular complexity index is 473. The maximum atomic E-state index is 10.9. The van der Waals surface area contributed by atoms with Crippen LogP contribution in [-0.2, 0) is 11.3 Å². The number of phenols is 1. The molecule has 1 fully saturated rings. The lowest BCUT2D eigenvalue weighted by molar-refractivity contribution is -0.119. The van der Waals surface area contributed by atoms with Crippen LogP contribution in [0.5, 0.6) is 5.75 Å². The monoisotopic (exact) mass is 297 g/mol. The Hall–Kier alpha value is -1.30. The Morgan fingerprint density at radius 2 is 2.15 bits per heavy atom. The summed E-state index contributed by atoms with van der Waals surface area (Å²) in [7, 11) is 0. The van der Waals surface area contributed by atoms with Crippen molar-refractivity contribution in [3.63, 3.8) is 0 Å². The first-order valence-corrected chi connectivity index (χ1v) is 7.14. The molecule has 5 nitrogen and oxygen atoms in total. The molecule has 1 aliphatic heterocycles. The number of rotatable bonds is 5. The number of aromatic hydroxyl groups is 1. The Kier molecular flexibility index (Phi) is 5.23. The van der Waals surface area contributed by atoms with Gasteiger partial charge in [0.05, 0.1) is 11.6 Å². The Morgan fingerprint density at radius 1 is 1.45 bits per heavy atom. The van der Waals surface area contributed by atoms with Gasteiger partial charge in [0.1, 0.15) is 5.75 Å². The van der Waals surface area contributed by atoms with Gasteiger partial charge in [0.15, 0.2) is 0 Å². The van der Waals surface area contributed by atoms with Crippen molar-refractivity contribution in [3.8, 4) is 5.75 Å². The molecule has 0 radical (unpaired) electrons. The highest BCUT2D eigenvalue weighted by atomic mass is 35.5. The zero-order valence-electron chi connectivity index (χ0n) is 11.3. The van der Waals surface area contributed by atoms with Crippen molar-refractivity contribution in [2.24, 2.45) is 5.73 Å². The topological polar surface area (TPSA) is 78.6 Å². The third-order valence-electron chi connectivity index (χ3n) is 3.57. The maximum absolute atomic E-state index is 10.9. The average molecular weight is 298 g/mol. The van der Waals surface area contributed by atoms with Crippen LogP contribution in [0.4, 0.5) is 0 Å². The number of carbonyl (C=O) groups is 1. The molecule has 1 aliphatic rings. The van der Waals surface area contributed by atoms with Crippen LogP contribution in [0.15, 0.2) is 18.2 Å². The number of likely N-dealkylation sites (tertiary alicyclic amines) is 1. The molecule has 0 aliphatic carbocycles. The van der Waals surface area contributed by atoms with Crippen LogP contribution in [0.1, 0.15) is 18.4 Å². The van der Waals surface area contributed by atoms with Crippen molar-refractivity contribution in [2.45, 2.75) is 25.4 Å². The Balaban J connectivity index is 1.75. The second kappa shape index (κ2) is 6.92. The highest BCUT2D eigenvalue weighted by molar-refractivity contribution is 6.32. The van der Waals surface area contributed by atoms with E-state index in [4.69, 9.17) is 17.3 Å².